The average molecular weight is 556 g/mol. The summed E-state index contributed by atoms with van der Waals surface area (Å²) < 4.78 is 44.2. The highest BCUT2D eigenvalue weighted by molar-refractivity contribution is 7.91. The molecule has 0 saturated carbocycles. The molecule has 1 fully saturated rings. The summed E-state index contributed by atoms with van der Waals surface area (Å²) in [6.45, 7) is 2.75. The topological polar surface area (TPSA) is 81.8 Å². The first-order chi connectivity index (χ1) is 18.0. The molecule has 9 nitrogen and oxygen atoms in total. The predicted molar refractivity (Wildman–Crippen MR) is 142 cm³/mol. The highest BCUT2D eigenvalue weighted by Crippen LogP contribution is 2.36. The lowest BCUT2D eigenvalue weighted by Crippen LogP contribution is -2.48. The van der Waals surface area contributed by atoms with Crippen molar-refractivity contribution in [2.24, 2.45) is 0 Å². The first-order valence-electron chi connectivity index (χ1n) is 11.9. The minimum atomic E-state index is -3.45. The van der Waals surface area contributed by atoms with Gasteiger partial charge >= 0.3 is 0 Å². The van der Waals surface area contributed by atoms with Crippen LogP contribution in [0.4, 0.5) is 0 Å². The van der Waals surface area contributed by atoms with Crippen LogP contribution in [0.2, 0.25) is 0 Å². The van der Waals surface area contributed by atoms with Gasteiger partial charge in [0.2, 0.25) is 4.77 Å². The van der Waals surface area contributed by atoms with Gasteiger partial charge in [-0.25, -0.2) is 13.1 Å². The lowest BCUT2D eigenvalue weighted by Gasteiger charge is -2.33. The number of thiophene rings is 1. The van der Waals surface area contributed by atoms with E-state index in [1.165, 1.54) is 11.3 Å². The van der Waals surface area contributed by atoms with Crippen molar-refractivity contribution >= 4 is 33.6 Å². The molecule has 0 spiro atoms. The van der Waals surface area contributed by atoms with E-state index < -0.39 is 16.1 Å². The predicted octanol–water partition coefficient (Wildman–Crippen LogP) is 3.94. The molecule has 4 aromatic rings. The molecule has 192 valence electrons. The summed E-state index contributed by atoms with van der Waals surface area (Å²) in [5, 5.41) is 6.67. The number of nitrogens with zero attached hydrogens (tertiary/aromatic N) is 5. The zero-order valence-electron chi connectivity index (χ0n) is 19.8. The molecule has 0 bridgehead atoms. The molecule has 1 atom stereocenters. The Kier molecular flexibility index (Phi) is 6.59. The van der Waals surface area contributed by atoms with E-state index in [2.05, 4.69) is 4.90 Å². The number of fused-ring (bicyclic) bond motifs is 1. The van der Waals surface area contributed by atoms with E-state index in [9.17, 15) is 8.42 Å². The second-order valence-corrected chi connectivity index (χ2v) is 12.2. The summed E-state index contributed by atoms with van der Waals surface area (Å²) in [5.74, 6) is 2.03. The number of hydrogen-bond donors (Lipinski definition) is 0. The van der Waals surface area contributed by atoms with Crippen molar-refractivity contribution < 1.29 is 17.9 Å². The molecule has 12 heteroatoms. The van der Waals surface area contributed by atoms with Gasteiger partial charge in [0, 0.05) is 31.9 Å². The smallest absolute Gasteiger partial charge is 0.252 e. The van der Waals surface area contributed by atoms with Crippen LogP contribution in [0.5, 0.6) is 11.5 Å². The summed E-state index contributed by atoms with van der Waals surface area (Å²) in [4.78, 5) is 2.16. The lowest BCUT2D eigenvalue weighted by molar-refractivity contribution is 0.0826. The van der Waals surface area contributed by atoms with Gasteiger partial charge in [-0.2, -0.15) is 9.40 Å². The number of sulfonamides is 1. The van der Waals surface area contributed by atoms with Crippen molar-refractivity contribution in [2.45, 2.75) is 17.0 Å². The monoisotopic (exact) mass is 555 g/mol. The maximum atomic E-state index is 12.9. The van der Waals surface area contributed by atoms with Crippen LogP contribution in [0.25, 0.3) is 5.69 Å². The molecule has 2 aromatic heterocycles. The fourth-order valence-electron chi connectivity index (χ4n) is 4.53. The fraction of sp³-hybridized carbons (Fsp3) is 0.280. The molecular weight excluding hydrogens is 531 g/mol. The number of para-hydroxylation sites is 3. The molecule has 4 heterocycles. The Balaban J connectivity index is 1.25. The molecule has 0 amide bonds. The van der Waals surface area contributed by atoms with E-state index in [0.29, 0.717) is 65.8 Å². The van der Waals surface area contributed by atoms with E-state index in [1.54, 1.807) is 26.5 Å². The normalized spacial score (nSPS) is 18.6. The maximum Gasteiger partial charge on any atom is 0.252 e. The van der Waals surface area contributed by atoms with Crippen molar-refractivity contribution in [1.82, 2.24) is 23.6 Å². The van der Waals surface area contributed by atoms with Gasteiger partial charge in [0.1, 0.15) is 10.8 Å². The Morgan fingerprint density at radius 3 is 2.41 bits per heavy atom. The van der Waals surface area contributed by atoms with Crippen molar-refractivity contribution in [3.05, 3.63) is 82.7 Å². The number of hydrogen-bond acceptors (Lipinski definition) is 8. The van der Waals surface area contributed by atoms with Crippen molar-refractivity contribution in [1.29, 1.82) is 0 Å². The van der Waals surface area contributed by atoms with E-state index in [-0.39, 0.29) is 0 Å². The molecule has 2 aliphatic rings. The summed E-state index contributed by atoms with van der Waals surface area (Å²) in [5.41, 5.74) is 0.892. The van der Waals surface area contributed by atoms with Crippen LogP contribution in [-0.4, -0.2) is 64.8 Å². The molecule has 0 aliphatic carbocycles. The van der Waals surface area contributed by atoms with E-state index in [1.807, 2.05) is 59.2 Å². The van der Waals surface area contributed by atoms with Crippen LogP contribution in [0.15, 0.2) is 76.3 Å². The minimum Gasteiger partial charge on any atom is -0.485 e. The minimum absolute atomic E-state index is 0.314. The van der Waals surface area contributed by atoms with Crippen LogP contribution in [0.3, 0.4) is 0 Å². The van der Waals surface area contributed by atoms with Crippen molar-refractivity contribution in [3.8, 4) is 17.2 Å². The van der Waals surface area contributed by atoms with Crippen molar-refractivity contribution in [2.75, 3.05) is 32.8 Å². The van der Waals surface area contributed by atoms with Crippen LogP contribution in [0.1, 0.15) is 11.9 Å². The standard InChI is InChI=1S/C25H25N5O4S3/c31-37(32,23-11-6-16-36-23)28-14-12-27(13-15-28)18-29-25(35)30(19-7-2-1-3-8-19)24(26-29)22-17-33-20-9-4-5-10-21(20)34-22/h1-11,16,22H,12-15,17-18H2. The van der Waals surface area contributed by atoms with Crippen LogP contribution < -0.4 is 9.47 Å². The molecule has 0 radical (unpaired) electrons. The quantitative estimate of drug-likeness (QED) is 0.334. The summed E-state index contributed by atoms with van der Waals surface area (Å²) >= 11 is 7.13. The van der Waals surface area contributed by atoms with Gasteiger partial charge in [-0.1, -0.05) is 36.4 Å². The first-order valence-corrected chi connectivity index (χ1v) is 14.6. The van der Waals surface area contributed by atoms with E-state index in [0.717, 1.165) is 5.69 Å². The highest BCUT2D eigenvalue weighted by Gasteiger charge is 2.31. The Labute approximate surface area is 224 Å². The first kappa shape index (κ1) is 24.3. The molecular formula is C25H25N5O4S3. The Bertz CT molecular complexity index is 1540. The van der Waals surface area contributed by atoms with Gasteiger partial charge in [-0.05, 0) is 47.9 Å². The second-order valence-electron chi connectivity index (χ2n) is 8.77. The average Bonchev–Trinajstić information content (AvgIpc) is 3.59. The molecule has 6 rings (SSSR count). The Hall–Kier alpha value is -3.03. The van der Waals surface area contributed by atoms with Crippen molar-refractivity contribution in [3.63, 3.8) is 0 Å². The van der Waals surface area contributed by atoms with Crippen LogP contribution in [-0.2, 0) is 16.7 Å². The third kappa shape index (κ3) is 4.71. The molecule has 0 N–H and O–H groups in total. The van der Waals surface area contributed by atoms with Crippen LogP contribution >= 0.6 is 23.6 Å². The zero-order chi connectivity index (χ0) is 25.4. The van der Waals surface area contributed by atoms with Gasteiger partial charge in [0.25, 0.3) is 10.0 Å². The maximum absolute atomic E-state index is 12.9. The SMILES string of the molecule is O=S(=O)(c1cccs1)N1CCN(Cn2nc(C3COc4ccccc4O3)n(-c3ccccc3)c2=S)CC1. The number of aromatic nitrogens is 3. The van der Waals surface area contributed by atoms with Crippen LogP contribution in [0, 0.1) is 4.77 Å². The van der Waals surface area contributed by atoms with E-state index in [4.69, 9.17) is 26.8 Å². The number of rotatable bonds is 6. The summed E-state index contributed by atoms with van der Waals surface area (Å²) in [6.07, 6.45) is -0.439. The third-order valence-electron chi connectivity index (χ3n) is 6.43. The molecule has 2 aromatic carbocycles. The highest BCUT2D eigenvalue weighted by atomic mass is 32.2. The summed E-state index contributed by atoms with van der Waals surface area (Å²) in [6, 6.07) is 20.8. The zero-order valence-corrected chi connectivity index (χ0v) is 22.3. The van der Waals surface area contributed by atoms with Gasteiger partial charge in [0.15, 0.2) is 23.4 Å². The number of piperazine rings is 1. The molecule has 37 heavy (non-hydrogen) atoms. The fourth-order valence-corrected chi connectivity index (χ4v) is 7.39. The van der Waals surface area contributed by atoms with Gasteiger partial charge < -0.3 is 9.47 Å². The third-order valence-corrected chi connectivity index (χ3v) is 10.1. The Morgan fingerprint density at radius 2 is 1.68 bits per heavy atom. The van der Waals surface area contributed by atoms with Gasteiger partial charge in [0.05, 0.1) is 6.67 Å². The molecule has 1 saturated heterocycles. The largest absolute Gasteiger partial charge is 0.485 e. The Morgan fingerprint density at radius 1 is 0.946 bits per heavy atom. The van der Waals surface area contributed by atoms with Gasteiger partial charge in [-0.3, -0.25) is 9.47 Å². The molecule has 1 unspecified atom stereocenters. The number of benzene rings is 2. The lowest BCUT2D eigenvalue weighted by atomic mass is 10.2. The summed E-state index contributed by atoms with van der Waals surface area (Å²) in [7, 11) is -3.45. The molecule has 2 aliphatic heterocycles. The van der Waals surface area contributed by atoms with Gasteiger partial charge in [-0.15, -0.1) is 11.3 Å². The second kappa shape index (κ2) is 10.0. The van der Waals surface area contributed by atoms with E-state index >= 15 is 0 Å². The number of ether oxygens (including phenoxy) is 2.